The van der Waals surface area contributed by atoms with Gasteiger partial charge in [0, 0.05) is 41.7 Å². The van der Waals surface area contributed by atoms with Gasteiger partial charge in [-0.2, -0.15) is 4.31 Å². The lowest BCUT2D eigenvalue weighted by molar-refractivity contribution is -0.117. The van der Waals surface area contributed by atoms with Gasteiger partial charge < -0.3 is 16.4 Å². The molecule has 3 heterocycles. The van der Waals surface area contributed by atoms with E-state index in [2.05, 4.69) is 15.6 Å². The molecule has 5 rings (SSSR count). The second-order valence-corrected chi connectivity index (χ2v) is 13.7. The number of sulfonamides is 1. The van der Waals surface area contributed by atoms with Crippen molar-refractivity contribution in [1.29, 1.82) is 0 Å². The molecule has 2 aromatic carbocycles. The van der Waals surface area contributed by atoms with Gasteiger partial charge in [-0.05, 0) is 61.1 Å². The number of pyridine rings is 1. The van der Waals surface area contributed by atoms with Crippen LogP contribution < -0.4 is 16.4 Å². The Balaban J connectivity index is 1.39. The first kappa shape index (κ1) is 31.7. The molecule has 2 aliphatic rings. The normalized spacial score (nSPS) is 22.8. The number of piperazine rings is 1. The largest absolute Gasteiger partial charge is 0.323 e. The zero-order chi connectivity index (χ0) is 30.9. The van der Waals surface area contributed by atoms with Gasteiger partial charge in [0.1, 0.15) is 22.5 Å². The number of fused-ring (bicyclic) bond motifs is 2. The van der Waals surface area contributed by atoms with E-state index in [4.69, 9.17) is 28.9 Å². The number of anilines is 1. The van der Waals surface area contributed by atoms with Gasteiger partial charge in [0.05, 0.1) is 29.9 Å². The van der Waals surface area contributed by atoms with Gasteiger partial charge in [-0.15, -0.1) is 0 Å². The van der Waals surface area contributed by atoms with Crippen molar-refractivity contribution in [3.8, 4) is 0 Å². The molecule has 8 nitrogen and oxygen atoms in total. The van der Waals surface area contributed by atoms with Gasteiger partial charge >= 0.3 is 0 Å². The van der Waals surface area contributed by atoms with E-state index in [0.29, 0.717) is 36.5 Å². The summed E-state index contributed by atoms with van der Waals surface area (Å²) in [6.45, 7) is 0.794. The molecule has 3 aromatic rings. The van der Waals surface area contributed by atoms with Crippen LogP contribution in [0.15, 0.2) is 48.8 Å². The van der Waals surface area contributed by atoms with Crippen molar-refractivity contribution < 1.29 is 26.4 Å². The molecule has 230 valence electrons. The number of carbonyl (C=O) groups excluding carboxylic acids is 1. The molecular weight excluding hydrogens is 626 g/mol. The van der Waals surface area contributed by atoms with Crippen molar-refractivity contribution in [3.63, 3.8) is 0 Å². The average Bonchev–Trinajstić information content (AvgIpc) is 3.08. The van der Waals surface area contributed by atoms with Crippen LogP contribution in [-0.4, -0.2) is 60.6 Å². The zero-order valence-corrected chi connectivity index (χ0v) is 25.2. The highest BCUT2D eigenvalue weighted by molar-refractivity contribution is 7.89. The molecule has 0 radical (unpaired) electrons. The maximum atomic E-state index is 15.1. The highest BCUT2D eigenvalue weighted by atomic mass is 35.5. The second-order valence-electron chi connectivity index (χ2n) is 10.8. The first-order valence-corrected chi connectivity index (χ1v) is 16.1. The van der Waals surface area contributed by atoms with Crippen molar-refractivity contribution in [2.24, 2.45) is 5.73 Å². The second kappa shape index (κ2) is 13.1. The molecule has 5 atom stereocenters. The lowest BCUT2D eigenvalue weighted by atomic mass is 9.84. The maximum Gasteiger partial charge on any atom is 0.242 e. The molecule has 2 aliphatic heterocycles. The summed E-state index contributed by atoms with van der Waals surface area (Å²) in [7, 11) is -3.44. The lowest BCUT2D eigenvalue weighted by Crippen LogP contribution is -2.57. The highest BCUT2D eigenvalue weighted by Gasteiger charge is 2.38. The Morgan fingerprint density at radius 2 is 1.79 bits per heavy atom. The number of rotatable bonds is 8. The Bertz CT molecular complexity index is 1590. The van der Waals surface area contributed by atoms with Crippen LogP contribution in [0.25, 0.3) is 0 Å². The number of nitrogens with two attached hydrogens (primary N) is 1. The Labute approximate surface area is 257 Å². The number of nitrogens with one attached hydrogen (secondary N) is 2. The molecule has 2 saturated heterocycles. The SMILES string of the molecule is N[C@H](C(=O)Nc1cncc(F)c1CC[C@H]1CN[C@@H]2CCCS(=O)(=O)N1C2)[C@@H](c1ccc(Cl)cc1)c1cc(F)c(Cl)c(F)c1. The predicted octanol–water partition coefficient (Wildman–Crippen LogP) is 4.60. The Morgan fingerprint density at radius 1 is 1.09 bits per heavy atom. The molecular formula is C29H30Cl2F3N5O3S. The van der Waals surface area contributed by atoms with Crippen LogP contribution in [0, 0.1) is 17.5 Å². The van der Waals surface area contributed by atoms with Crippen LogP contribution in [0.4, 0.5) is 18.9 Å². The van der Waals surface area contributed by atoms with Crippen molar-refractivity contribution >= 4 is 44.8 Å². The van der Waals surface area contributed by atoms with E-state index in [1.807, 2.05) is 0 Å². The number of aromatic nitrogens is 1. The molecule has 1 amide bonds. The number of benzene rings is 2. The molecule has 0 saturated carbocycles. The minimum Gasteiger partial charge on any atom is -0.323 e. The fourth-order valence-corrected chi connectivity index (χ4v) is 7.82. The molecule has 0 spiro atoms. The van der Waals surface area contributed by atoms with Gasteiger partial charge in [0.25, 0.3) is 0 Å². The lowest BCUT2D eigenvalue weighted by Gasteiger charge is -2.37. The van der Waals surface area contributed by atoms with E-state index in [9.17, 15) is 22.0 Å². The van der Waals surface area contributed by atoms with Crippen LogP contribution in [0.1, 0.15) is 41.9 Å². The van der Waals surface area contributed by atoms with Crippen LogP contribution >= 0.6 is 23.2 Å². The van der Waals surface area contributed by atoms with Crippen molar-refractivity contribution in [3.05, 3.63) is 93.0 Å². The summed E-state index contributed by atoms with van der Waals surface area (Å²) in [5, 5.41) is 5.72. The summed E-state index contributed by atoms with van der Waals surface area (Å²) in [6.07, 6.45) is 4.04. The van der Waals surface area contributed by atoms with Crippen LogP contribution in [0.3, 0.4) is 0 Å². The van der Waals surface area contributed by atoms with Gasteiger partial charge in [-0.1, -0.05) is 35.3 Å². The minimum atomic E-state index is -3.44. The van der Waals surface area contributed by atoms with Crippen LogP contribution in [0.2, 0.25) is 10.0 Å². The Kier molecular flexibility index (Phi) is 9.64. The van der Waals surface area contributed by atoms with Crippen molar-refractivity contribution in [2.75, 3.05) is 24.2 Å². The molecule has 1 aromatic heterocycles. The molecule has 14 heteroatoms. The van der Waals surface area contributed by atoms with E-state index in [-0.39, 0.29) is 41.1 Å². The summed E-state index contributed by atoms with van der Waals surface area (Å²) < 4.78 is 71.2. The minimum absolute atomic E-state index is 0.0590. The Hall–Kier alpha value is -2.74. The molecule has 1 unspecified atom stereocenters. The molecule has 2 fully saturated rings. The molecule has 2 bridgehead atoms. The van der Waals surface area contributed by atoms with E-state index in [0.717, 1.165) is 24.8 Å². The van der Waals surface area contributed by atoms with E-state index in [1.54, 1.807) is 24.3 Å². The summed E-state index contributed by atoms with van der Waals surface area (Å²) in [5.41, 5.74) is 7.12. The summed E-state index contributed by atoms with van der Waals surface area (Å²) in [5.74, 6) is -4.44. The third kappa shape index (κ3) is 7.00. The summed E-state index contributed by atoms with van der Waals surface area (Å²) in [6, 6.07) is 6.59. The van der Waals surface area contributed by atoms with Crippen LogP contribution in [0.5, 0.6) is 0 Å². The van der Waals surface area contributed by atoms with E-state index in [1.165, 1.54) is 10.5 Å². The standard InChI is InChI=1S/C29H30Cl2F3N5O3S/c30-18-5-3-16(4-6-18)26(17-10-22(32)27(31)23(33)11-17)28(35)29(40)38-25-14-36-13-24(34)21(25)8-7-20-12-37-19-2-1-9-43(41,42)39(20)15-19/h3-6,10-11,13-14,19-20,26,28,37H,1-2,7-9,12,15,35H2,(H,38,40)/t19-,20+,26+,28+/m1/s1. The molecule has 0 aliphatic carbocycles. The van der Waals surface area contributed by atoms with Crippen molar-refractivity contribution in [2.45, 2.75) is 49.7 Å². The van der Waals surface area contributed by atoms with Gasteiger partial charge in [0.2, 0.25) is 15.9 Å². The number of halogens is 5. The van der Waals surface area contributed by atoms with Gasteiger partial charge in [-0.25, -0.2) is 21.6 Å². The molecule has 43 heavy (non-hydrogen) atoms. The summed E-state index contributed by atoms with van der Waals surface area (Å²) >= 11 is 11.7. The summed E-state index contributed by atoms with van der Waals surface area (Å²) in [4.78, 5) is 17.4. The van der Waals surface area contributed by atoms with Crippen molar-refractivity contribution in [1.82, 2.24) is 14.6 Å². The monoisotopic (exact) mass is 655 g/mol. The first-order valence-electron chi connectivity index (χ1n) is 13.8. The predicted molar refractivity (Wildman–Crippen MR) is 159 cm³/mol. The maximum absolute atomic E-state index is 15.1. The smallest absolute Gasteiger partial charge is 0.242 e. The highest BCUT2D eigenvalue weighted by Crippen LogP contribution is 2.33. The number of nitrogens with zero attached hydrogens (tertiary/aromatic N) is 2. The number of amides is 1. The van der Waals surface area contributed by atoms with E-state index < -0.39 is 50.4 Å². The number of hydrogen-bond donors (Lipinski definition) is 3. The topological polar surface area (TPSA) is 117 Å². The first-order chi connectivity index (χ1) is 20.4. The quantitative estimate of drug-likeness (QED) is 0.305. The van der Waals surface area contributed by atoms with E-state index >= 15 is 4.39 Å². The zero-order valence-electron chi connectivity index (χ0n) is 22.9. The third-order valence-corrected chi connectivity index (χ3v) is 10.6. The fourth-order valence-electron chi connectivity index (χ4n) is 5.78. The average molecular weight is 657 g/mol. The molecule has 4 N–H and O–H groups in total. The number of carbonyl (C=O) groups is 1. The van der Waals surface area contributed by atoms with Gasteiger partial charge in [0.15, 0.2) is 0 Å². The number of hydrogen-bond acceptors (Lipinski definition) is 6. The Morgan fingerprint density at radius 3 is 2.49 bits per heavy atom. The van der Waals surface area contributed by atoms with Gasteiger partial charge in [-0.3, -0.25) is 9.78 Å². The fraction of sp³-hybridized carbons (Fsp3) is 0.379. The van der Waals surface area contributed by atoms with Crippen LogP contribution in [-0.2, 0) is 21.2 Å². The third-order valence-electron chi connectivity index (χ3n) is 8.01.